The molecule has 0 radical (unpaired) electrons. The minimum Gasteiger partial charge on any atom is -0.484 e. The molecule has 0 fully saturated rings. The molecule has 0 amide bonds. The summed E-state index contributed by atoms with van der Waals surface area (Å²) < 4.78 is 9.70. The number of anilines is 2. The van der Waals surface area contributed by atoms with Gasteiger partial charge in [0.05, 0.1) is 24.7 Å². The number of nitrogen functional groups attached to an aromatic ring is 1. The van der Waals surface area contributed by atoms with E-state index in [1.54, 1.807) is 12.5 Å². The van der Waals surface area contributed by atoms with Crippen molar-refractivity contribution in [1.29, 1.82) is 0 Å². The Hall–Kier alpha value is -1.76. The van der Waals surface area contributed by atoms with Gasteiger partial charge in [0.25, 0.3) is 0 Å². The standard InChI is InChI=1S/C10H15N5OS/c1-6(2)16-8-9(11)15-17-10(8)13-4-7-3-12-5-14-7/h3,5-6,13H,4H2,1-2H3,(H2,11,15)(H,12,14). The van der Waals surface area contributed by atoms with Gasteiger partial charge in [-0.2, -0.15) is 4.37 Å². The molecule has 0 aliphatic carbocycles. The molecule has 0 aromatic carbocycles. The minimum absolute atomic E-state index is 0.0707. The maximum absolute atomic E-state index is 5.75. The lowest BCUT2D eigenvalue weighted by Crippen LogP contribution is -2.08. The number of aromatic amines is 1. The molecule has 0 aliphatic rings. The molecule has 4 N–H and O–H groups in total. The summed E-state index contributed by atoms with van der Waals surface area (Å²) in [5, 5.41) is 4.06. The zero-order chi connectivity index (χ0) is 12.3. The van der Waals surface area contributed by atoms with Gasteiger partial charge in [0, 0.05) is 6.20 Å². The van der Waals surface area contributed by atoms with Crippen LogP contribution >= 0.6 is 11.5 Å². The maximum Gasteiger partial charge on any atom is 0.197 e. The Morgan fingerprint density at radius 2 is 2.41 bits per heavy atom. The van der Waals surface area contributed by atoms with Crippen molar-refractivity contribution in [1.82, 2.24) is 14.3 Å². The van der Waals surface area contributed by atoms with Crippen LogP contribution in [0.2, 0.25) is 0 Å². The molecule has 0 unspecified atom stereocenters. The first-order valence-electron chi connectivity index (χ1n) is 5.29. The van der Waals surface area contributed by atoms with Crippen molar-refractivity contribution in [2.24, 2.45) is 0 Å². The average molecular weight is 253 g/mol. The van der Waals surface area contributed by atoms with E-state index in [-0.39, 0.29) is 6.10 Å². The summed E-state index contributed by atoms with van der Waals surface area (Å²) >= 11 is 1.29. The fourth-order valence-electron chi connectivity index (χ4n) is 1.31. The van der Waals surface area contributed by atoms with Gasteiger partial charge in [0.15, 0.2) is 16.6 Å². The number of H-pyrrole nitrogens is 1. The van der Waals surface area contributed by atoms with Gasteiger partial charge in [0.2, 0.25) is 0 Å². The van der Waals surface area contributed by atoms with E-state index in [1.807, 2.05) is 13.8 Å². The topological polar surface area (TPSA) is 88.8 Å². The molecule has 0 saturated carbocycles. The molecule has 2 aromatic rings. The van der Waals surface area contributed by atoms with Crippen molar-refractivity contribution >= 4 is 22.4 Å². The van der Waals surface area contributed by atoms with E-state index >= 15 is 0 Å². The van der Waals surface area contributed by atoms with Gasteiger partial charge in [-0.3, -0.25) is 0 Å². The molecule has 6 nitrogen and oxygen atoms in total. The van der Waals surface area contributed by atoms with Crippen molar-refractivity contribution in [3.63, 3.8) is 0 Å². The van der Waals surface area contributed by atoms with Crippen LogP contribution in [-0.4, -0.2) is 20.4 Å². The van der Waals surface area contributed by atoms with Crippen LogP contribution in [0.15, 0.2) is 12.5 Å². The number of ether oxygens (including phenoxy) is 1. The second kappa shape index (κ2) is 5.05. The number of nitrogens with one attached hydrogen (secondary N) is 2. The molecule has 2 heterocycles. The van der Waals surface area contributed by atoms with Crippen LogP contribution in [-0.2, 0) is 6.54 Å². The van der Waals surface area contributed by atoms with Crippen LogP contribution in [0, 0.1) is 0 Å². The number of rotatable bonds is 5. The second-order valence-electron chi connectivity index (χ2n) is 3.82. The monoisotopic (exact) mass is 253 g/mol. The first-order valence-corrected chi connectivity index (χ1v) is 6.07. The molecule has 7 heteroatoms. The van der Waals surface area contributed by atoms with Crippen molar-refractivity contribution in [3.8, 4) is 5.75 Å². The fraction of sp³-hybridized carbons (Fsp3) is 0.400. The van der Waals surface area contributed by atoms with Crippen molar-refractivity contribution < 1.29 is 4.74 Å². The third kappa shape index (κ3) is 2.88. The van der Waals surface area contributed by atoms with Crippen LogP contribution < -0.4 is 15.8 Å². The van der Waals surface area contributed by atoms with E-state index in [0.717, 1.165) is 10.7 Å². The molecule has 0 saturated heterocycles. The summed E-state index contributed by atoms with van der Waals surface area (Å²) in [5.74, 6) is 1.06. The van der Waals surface area contributed by atoms with Crippen LogP contribution in [0.4, 0.5) is 10.8 Å². The van der Waals surface area contributed by atoms with Gasteiger partial charge in [-0.1, -0.05) is 0 Å². The van der Waals surface area contributed by atoms with E-state index in [2.05, 4.69) is 19.7 Å². The molecule has 17 heavy (non-hydrogen) atoms. The Balaban J connectivity index is 2.05. The van der Waals surface area contributed by atoms with Gasteiger partial charge in [-0.25, -0.2) is 4.98 Å². The van der Waals surface area contributed by atoms with Gasteiger partial charge in [0.1, 0.15) is 0 Å². The molecule has 92 valence electrons. The molecule has 0 atom stereocenters. The van der Waals surface area contributed by atoms with Crippen LogP contribution in [0.5, 0.6) is 5.75 Å². The quantitative estimate of drug-likeness (QED) is 0.756. The van der Waals surface area contributed by atoms with Crippen LogP contribution in [0.3, 0.4) is 0 Å². The van der Waals surface area contributed by atoms with Crippen molar-refractivity contribution in [3.05, 3.63) is 18.2 Å². The minimum atomic E-state index is 0.0707. The number of hydrogen-bond acceptors (Lipinski definition) is 6. The van der Waals surface area contributed by atoms with Gasteiger partial charge in [-0.15, -0.1) is 0 Å². The number of hydrogen-bond donors (Lipinski definition) is 3. The predicted molar refractivity (Wildman–Crippen MR) is 68.2 cm³/mol. The number of nitrogens with two attached hydrogens (primary N) is 1. The molecule has 0 aliphatic heterocycles. The summed E-state index contributed by atoms with van der Waals surface area (Å²) in [6.07, 6.45) is 3.48. The van der Waals surface area contributed by atoms with Crippen molar-refractivity contribution in [2.75, 3.05) is 11.1 Å². The maximum atomic E-state index is 5.75. The summed E-state index contributed by atoms with van der Waals surface area (Å²) in [5.41, 5.74) is 6.75. The van der Waals surface area contributed by atoms with E-state index in [0.29, 0.717) is 18.1 Å². The van der Waals surface area contributed by atoms with E-state index < -0.39 is 0 Å². The SMILES string of the molecule is CC(C)Oc1c(N)nsc1NCc1cnc[nH]1. The highest BCUT2D eigenvalue weighted by molar-refractivity contribution is 7.11. The largest absolute Gasteiger partial charge is 0.484 e. The zero-order valence-corrected chi connectivity index (χ0v) is 10.5. The third-order valence-corrected chi connectivity index (χ3v) is 2.82. The smallest absolute Gasteiger partial charge is 0.197 e. The Kier molecular flexibility index (Phi) is 3.48. The van der Waals surface area contributed by atoms with Gasteiger partial charge in [-0.05, 0) is 25.4 Å². The Labute approximate surface area is 103 Å². The Morgan fingerprint density at radius 3 is 3.06 bits per heavy atom. The molecule has 0 bridgehead atoms. The second-order valence-corrected chi connectivity index (χ2v) is 4.60. The fourth-order valence-corrected chi connectivity index (χ4v) is 1.96. The first-order chi connectivity index (χ1) is 8.16. The first kappa shape index (κ1) is 11.7. The molecular formula is C10H15N5OS. The van der Waals surface area contributed by atoms with Crippen LogP contribution in [0.1, 0.15) is 19.5 Å². The lowest BCUT2D eigenvalue weighted by Gasteiger charge is -2.11. The molecule has 0 spiro atoms. The summed E-state index contributed by atoms with van der Waals surface area (Å²) in [6, 6.07) is 0. The normalized spacial score (nSPS) is 10.8. The number of aromatic nitrogens is 3. The van der Waals surface area contributed by atoms with E-state index in [4.69, 9.17) is 10.5 Å². The van der Waals surface area contributed by atoms with E-state index in [1.165, 1.54) is 11.5 Å². The highest BCUT2D eigenvalue weighted by Gasteiger charge is 2.14. The van der Waals surface area contributed by atoms with Gasteiger partial charge < -0.3 is 20.8 Å². The number of nitrogens with zero attached hydrogens (tertiary/aromatic N) is 2. The summed E-state index contributed by atoms with van der Waals surface area (Å²) in [6.45, 7) is 4.54. The third-order valence-electron chi connectivity index (χ3n) is 2.02. The van der Waals surface area contributed by atoms with Crippen LogP contribution in [0.25, 0.3) is 0 Å². The summed E-state index contributed by atoms with van der Waals surface area (Å²) in [4.78, 5) is 6.96. The molecule has 2 aromatic heterocycles. The molecular weight excluding hydrogens is 238 g/mol. The van der Waals surface area contributed by atoms with Gasteiger partial charge >= 0.3 is 0 Å². The molecule has 2 rings (SSSR count). The highest BCUT2D eigenvalue weighted by Crippen LogP contribution is 2.35. The Bertz CT molecular complexity index is 465. The highest BCUT2D eigenvalue weighted by atomic mass is 32.1. The lowest BCUT2D eigenvalue weighted by molar-refractivity contribution is 0.245. The number of imidazole rings is 1. The Morgan fingerprint density at radius 1 is 1.59 bits per heavy atom. The zero-order valence-electron chi connectivity index (χ0n) is 9.73. The van der Waals surface area contributed by atoms with E-state index in [9.17, 15) is 0 Å². The average Bonchev–Trinajstić information content (AvgIpc) is 2.88. The summed E-state index contributed by atoms with van der Waals surface area (Å²) in [7, 11) is 0. The van der Waals surface area contributed by atoms with Crippen molar-refractivity contribution in [2.45, 2.75) is 26.5 Å². The predicted octanol–water partition coefficient (Wildman–Crippen LogP) is 1.85. The lowest BCUT2D eigenvalue weighted by atomic mass is 10.4.